The Kier molecular flexibility index (Phi) is 3.58. The molecule has 1 amide bonds. The molecule has 0 spiro atoms. The molecular weight excluding hydrogens is 284 g/mol. The first kappa shape index (κ1) is 13.6. The lowest BCUT2D eigenvalue weighted by molar-refractivity contribution is 0.102. The van der Waals surface area contributed by atoms with Crippen molar-refractivity contribution in [2.75, 3.05) is 5.32 Å². The van der Waals surface area contributed by atoms with E-state index in [2.05, 4.69) is 10.3 Å². The maximum atomic E-state index is 12.3. The number of hydrogen-bond acceptors (Lipinski definition) is 4. The lowest BCUT2D eigenvalue weighted by Crippen LogP contribution is -2.14. The van der Waals surface area contributed by atoms with E-state index in [-0.39, 0.29) is 5.91 Å². The molecule has 0 aliphatic heterocycles. The van der Waals surface area contributed by atoms with Crippen molar-refractivity contribution in [1.29, 1.82) is 0 Å². The zero-order valence-corrected chi connectivity index (χ0v) is 12.5. The van der Waals surface area contributed by atoms with E-state index >= 15 is 0 Å². The number of aryl methyl sites for hydroxylation is 2. The molecule has 2 heterocycles. The summed E-state index contributed by atoms with van der Waals surface area (Å²) >= 11 is 1.39. The normalized spacial score (nSPS) is 10.6. The van der Waals surface area contributed by atoms with Gasteiger partial charge in [-0.25, -0.2) is 4.98 Å². The monoisotopic (exact) mass is 298 g/mol. The molecule has 0 aliphatic carbocycles. The van der Waals surface area contributed by atoms with Crippen LogP contribution in [0.5, 0.6) is 0 Å². The summed E-state index contributed by atoms with van der Waals surface area (Å²) in [5, 5.41) is 5.37. The van der Waals surface area contributed by atoms with Crippen LogP contribution < -0.4 is 5.32 Å². The Bertz CT molecular complexity index is 755. The van der Waals surface area contributed by atoms with Gasteiger partial charge in [0.25, 0.3) is 5.91 Å². The average Bonchev–Trinajstić information content (AvgIpc) is 3.12. The van der Waals surface area contributed by atoms with Crippen molar-refractivity contribution in [1.82, 2.24) is 4.98 Å². The first-order valence-corrected chi connectivity index (χ1v) is 7.40. The summed E-state index contributed by atoms with van der Waals surface area (Å²) in [4.78, 5) is 16.6. The first-order chi connectivity index (χ1) is 10.1. The molecule has 0 unspecified atom stereocenters. The van der Waals surface area contributed by atoms with Gasteiger partial charge in [-0.3, -0.25) is 4.79 Å². The minimum atomic E-state index is -0.207. The summed E-state index contributed by atoms with van der Waals surface area (Å²) in [7, 11) is 0. The fourth-order valence-electron chi connectivity index (χ4n) is 2.08. The second kappa shape index (κ2) is 5.54. The lowest BCUT2D eigenvalue weighted by atomic mass is 10.1. The number of hydrogen-bond donors (Lipinski definition) is 1. The highest BCUT2D eigenvalue weighted by atomic mass is 32.1. The Labute approximate surface area is 126 Å². The van der Waals surface area contributed by atoms with Crippen LogP contribution in [0.15, 0.2) is 46.4 Å². The van der Waals surface area contributed by atoms with Crippen LogP contribution in [-0.2, 0) is 0 Å². The molecule has 5 heteroatoms. The van der Waals surface area contributed by atoms with E-state index in [1.165, 1.54) is 11.3 Å². The van der Waals surface area contributed by atoms with Crippen LogP contribution in [0.2, 0.25) is 0 Å². The summed E-state index contributed by atoms with van der Waals surface area (Å²) in [5.74, 6) is 0.465. The number of aromatic nitrogens is 1. The average molecular weight is 298 g/mol. The number of benzene rings is 1. The van der Waals surface area contributed by atoms with E-state index in [1.807, 2.05) is 38.1 Å². The van der Waals surface area contributed by atoms with Gasteiger partial charge in [0.15, 0.2) is 10.8 Å². The fourth-order valence-corrected chi connectivity index (χ4v) is 2.85. The maximum absolute atomic E-state index is 12.3. The Balaban J connectivity index is 1.83. The molecule has 0 saturated carbocycles. The van der Waals surface area contributed by atoms with E-state index < -0.39 is 0 Å². The van der Waals surface area contributed by atoms with Gasteiger partial charge < -0.3 is 9.73 Å². The van der Waals surface area contributed by atoms with Gasteiger partial charge in [-0.15, -0.1) is 11.3 Å². The number of nitrogens with one attached hydrogen (secondary N) is 1. The zero-order chi connectivity index (χ0) is 14.8. The fraction of sp³-hybridized carbons (Fsp3) is 0.125. The van der Waals surface area contributed by atoms with Crippen molar-refractivity contribution in [2.24, 2.45) is 0 Å². The highest BCUT2D eigenvalue weighted by Gasteiger charge is 2.14. The largest absolute Gasteiger partial charge is 0.462 e. The van der Waals surface area contributed by atoms with Crippen LogP contribution in [0.1, 0.15) is 21.6 Å². The van der Waals surface area contributed by atoms with Crippen LogP contribution >= 0.6 is 11.3 Å². The summed E-state index contributed by atoms with van der Waals surface area (Å²) in [6.45, 7) is 3.94. The van der Waals surface area contributed by atoms with E-state index in [0.29, 0.717) is 16.5 Å². The van der Waals surface area contributed by atoms with E-state index in [1.54, 1.807) is 17.7 Å². The predicted molar refractivity (Wildman–Crippen MR) is 83.7 cm³/mol. The third-order valence-electron chi connectivity index (χ3n) is 3.19. The number of rotatable bonds is 3. The van der Waals surface area contributed by atoms with Crippen molar-refractivity contribution in [2.45, 2.75) is 13.8 Å². The Morgan fingerprint density at radius 3 is 2.62 bits per heavy atom. The SMILES string of the molecule is Cc1cccc(C)c1NC(=O)c1csc(-c2ccco2)n1. The molecule has 106 valence electrons. The Morgan fingerprint density at radius 2 is 1.95 bits per heavy atom. The standard InChI is InChI=1S/C16H14N2O2S/c1-10-5-3-6-11(2)14(10)18-15(19)12-9-21-16(17-12)13-7-4-8-20-13/h3-9H,1-2H3,(H,18,19). The van der Waals surface area contributed by atoms with Crippen LogP contribution in [0, 0.1) is 13.8 Å². The van der Waals surface area contributed by atoms with Gasteiger partial charge in [-0.2, -0.15) is 0 Å². The van der Waals surface area contributed by atoms with Crippen molar-refractivity contribution >= 4 is 22.9 Å². The summed E-state index contributed by atoms with van der Waals surface area (Å²) < 4.78 is 5.29. The maximum Gasteiger partial charge on any atom is 0.275 e. The van der Waals surface area contributed by atoms with Crippen LogP contribution in [0.25, 0.3) is 10.8 Å². The third kappa shape index (κ3) is 2.73. The summed E-state index contributed by atoms with van der Waals surface area (Å²) in [5.41, 5.74) is 3.30. The Hall–Kier alpha value is -2.40. The van der Waals surface area contributed by atoms with Crippen LogP contribution in [0.4, 0.5) is 5.69 Å². The minimum absolute atomic E-state index is 0.207. The molecule has 4 nitrogen and oxygen atoms in total. The molecule has 0 saturated heterocycles. The third-order valence-corrected chi connectivity index (χ3v) is 4.05. The van der Waals surface area contributed by atoms with Gasteiger partial charge in [0.05, 0.1) is 6.26 Å². The Morgan fingerprint density at radius 1 is 1.19 bits per heavy atom. The van der Waals surface area contributed by atoms with Crippen molar-refractivity contribution in [3.8, 4) is 10.8 Å². The predicted octanol–water partition coefficient (Wildman–Crippen LogP) is 4.27. The number of carbonyl (C=O) groups is 1. The number of para-hydroxylation sites is 1. The number of nitrogens with zero attached hydrogens (tertiary/aromatic N) is 1. The van der Waals surface area contributed by atoms with Gasteiger partial charge in [0.1, 0.15) is 5.69 Å². The lowest BCUT2D eigenvalue weighted by Gasteiger charge is -2.10. The molecule has 1 N–H and O–H groups in total. The molecule has 1 aromatic carbocycles. The number of thiazole rings is 1. The number of furan rings is 1. The van der Waals surface area contributed by atoms with Gasteiger partial charge in [0.2, 0.25) is 0 Å². The molecule has 3 aromatic rings. The molecule has 0 atom stereocenters. The molecule has 0 aliphatic rings. The van der Waals surface area contributed by atoms with E-state index in [9.17, 15) is 4.79 Å². The highest BCUT2D eigenvalue weighted by Crippen LogP contribution is 2.25. The zero-order valence-electron chi connectivity index (χ0n) is 11.7. The molecule has 2 aromatic heterocycles. The van der Waals surface area contributed by atoms with Crippen molar-refractivity contribution in [3.05, 3.63) is 58.8 Å². The highest BCUT2D eigenvalue weighted by molar-refractivity contribution is 7.13. The molecule has 0 bridgehead atoms. The smallest absolute Gasteiger partial charge is 0.275 e. The van der Waals surface area contributed by atoms with Gasteiger partial charge in [-0.1, -0.05) is 18.2 Å². The van der Waals surface area contributed by atoms with Gasteiger partial charge in [0, 0.05) is 11.1 Å². The quantitative estimate of drug-likeness (QED) is 0.785. The minimum Gasteiger partial charge on any atom is -0.462 e. The second-order valence-corrected chi connectivity index (χ2v) is 5.59. The molecule has 3 rings (SSSR count). The molecule has 21 heavy (non-hydrogen) atoms. The van der Waals surface area contributed by atoms with E-state index in [4.69, 9.17) is 4.42 Å². The van der Waals surface area contributed by atoms with Gasteiger partial charge >= 0.3 is 0 Å². The molecular formula is C16H14N2O2S. The summed E-state index contributed by atoms with van der Waals surface area (Å²) in [6.07, 6.45) is 1.59. The van der Waals surface area contributed by atoms with Crippen molar-refractivity contribution in [3.63, 3.8) is 0 Å². The molecule has 0 fully saturated rings. The van der Waals surface area contributed by atoms with E-state index in [0.717, 1.165) is 16.8 Å². The van der Waals surface area contributed by atoms with Crippen molar-refractivity contribution < 1.29 is 9.21 Å². The van der Waals surface area contributed by atoms with Crippen LogP contribution in [0.3, 0.4) is 0 Å². The molecule has 0 radical (unpaired) electrons. The van der Waals surface area contributed by atoms with Crippen LogP contribution in [-0.4, -0.2) is 10.9 Å². The topological polar surface area (TPSA) is 55.1 Å². The second-order valence-electron chi connectivity index (χ2n) is 4.74. The number of amides is 1. The summed E-state index contributed by atoms with van der Waals surface area (Å²) in [6, 6.07) is 9.53. The first-order valence-electron chi connectivity index (χ1n) is 6.52. The van der Waals surface area contributed by atoms with Gasteiger partial charge in [-0.05, 0) is 37.1 Å². The number of anilines is 1. The number of carbonyl (C=O) groups excluding carboxylic acids is 1.